The van der Waals surface area contributed by atoms with Crippen molar-refractivity contribution in [3.8, 4) is 0 Å². The van der Waals surface area contributed by atoms with E-state index in [1.54, 1.807) is 0 Å². The van der Waals surface area contributed by atoms with Crippen LogP contribution in [0.25, 0.3) is 0 Å². The highest BCUT2D eigenvalue weighted by atomic mass is 32.2. The van der Waals surface area contributed by atoms with E-state index in [-0.39, 0.29) is 11.5 Å². The largest absolute Gasteiger partial charge is 0.475 e. The molecule has 6 heteroatoms. The Morgan fingerprint density at radius 2 is 1.73 bits per heavy atom. The third-order valence-electron chi connectivity index (χ3n) is 6.38. The molecule has 0 amide bonds. The van der Waals surface area contributed by atoms with Crippen molar-refractivity contribution in [2.75, 3.05) is 0 Å². The summed E-state index contributed by atoms with van der Waals surface area (Å²) >= 11 is 0. The minimum Gasteiger partial charge on any atom is -0.475 e. The van der Waals surface area contributed by atoms with Crippen molar-refractivity contribution in [1.82, 2.24) is 0 Å². The standard InChI is InChI=1S/C16H24FNO3S/c17-16-8-5-15(6-9-16,7-10-16)11-14-18-22(19,20)13-4-2-1-3-12(13)21-14/h12-13H,1-11H2/t12-,13+,15?,16?/m1/s1. The fourth-order valence-corrected chi connectivity index (χ4v) is 6.39. The lowest BCUT2D eigenvalue weighted by Crippen LogP contribution is -2.47. The average Bonchev–Trinajstić information content (AvgIpc) is 2.48. The van der Waals surface area contributed by atoms with Crippen molar-refractivity contribution in [1.29, 1.82) is 0 Å². The zero-order valence-electron chi connectivity index (χ0n) is 12.9. The van der Waals surface area contributed by atoms with Crippen LogP contribution in [0.3, 0.4) is 0 Å². The molecule has 4 fully saturated rings. The second-order valence-electron chi connectivity index (χ2n) is 7.81. The van der Waals surface area contributed by atoms with Crippen molar-refractivity contribution in [2.24, 2.45) is 9.81 Å². The Balaban J connectivity index is 1.55. The fourth-order valence-electron chi connectivity index (χ4n) is 4.82. The van der Waals surface area contributed by atoms with Crippen LogP contribution in [0, 0.1) is 5.41 Å². The maximum absolute atomic E-state index is 14.3. The highest BCUT2D eigenvalue weighted by molar-refractivity contribution is 7.91. The first-order valence-electron chi connectivity index (χ1n) is 8.58. The van der Waals surface area contributed by atoms with E-state index in [1.165, 1.54) is 0 Å². The Labute approximate surface area is 131 Å². The van der Waals surface area contributed by atoms with Gasteiger partial charge in [0.25, 0.3) is 10.0 Å². The predicted molar refractivity (Wildman–Crippen MR) is 82.1 cm³/mol. The molecule has 0 radical (unpaired) electrons. The number of halogens is 1. The number of rotatable bonds is 2. The highest BCUT2D eigenvalue weighted by Crippen LogP contribution is 2.56. The number of hydrogen-bond donors (Lipinski definition) is 0. The first kappa shape index (κ1) is 14.9. The van der Waals surface area contributed by atoms with E-state index in [2.05, 4.69) is 4.40 Å². The Bertz CT molecular complexity index is 576. The van der Waals surface area contributed by atoms with Crippen LogP contribution in [-0.2, 0) is 14.8 Å². The Morgan fingerprint density at radius 3 is 2.41 bits per heavy atom. The number of fused-ring (bicyclic) bond motifs is 4. The van der Waals surface area contributed by atoms with Crippen LogP contribution in [-0.4, -0.2) is 31.3 Å². The van der Waals surface area contributed by atoms with Crippen molar-refractivity contribution in [3.05, 3.63) is 0 Å². The summed E-state index contributed by atoms with van der Waals surface area (Å²) in [6.07, 6.45) is 8.14. The molecule has 2 atom stereocenters. The summed E-state index contributed by atoms with van der Waals surface area (Å²) < 4.78 is 49.0. The van der Waals surface area contributed by atoms with Gasteiger partial charge < -0.3 is 4.74 Å². The number of sulfonamides is 1. The molecule has 0 spiro atoms. The van der Waals surface area contributed by atoms with Gasteiger partial charge in [0, 0.05) is 6.42 Å². The second kappa shape index (κ2) is 4.92. The molecular weight excluding hydrogens is 305 g/mol. The molecule has 0 unspecified atom stereocenters. The van der Waals surface area contributed by atoms with E-state index in [0.717, 1.165) is 38.5 Å². The summed E-state index contributed by atoms with van der Waals surface area (Å²) in [7, 11) is -3.43. The highest BCUT2D eigenvalue weighted by Gasteiger charge is 2.51. The van der Waals surface area contributed by atoms with E-state index < -0.39 is 20.9 Å². The molecule has 4 nitrogen and oxygen atoms in total. The third kappa shape index (κ3) is 2.47. The monoisotopic (exact) mass is 329 g/mol. The number of ether oxygens (including phenoxy) is 1. The van der Waals surface area contributed by atoms with Crippen LogP contribution in [0.5, 0.6) is 0 Å². The maximum Gasteiger partial charge on any atom is 0.262 e. The van der Waals surface area contributed by atoms with Crippen LogP contribution in [0.2, 0.25) is 0 Å². The summed E-state index contributed by atoms with van der Waals surface area (Å²) in [4.78, 5) is 0. The van der Waals surface area contributed by atoms with Crippen LogP contribution in [0.4, 0.5) is 4.39 Å². The molecule has 1 aliphatic heterocycles. The summed E-state index contributed by atoms with van der Waals surface area (Å²) in [5, 5.41) is -0.446. The van der Waals surface area contributed by atoms with Gasteiger partial charge in [0.05, 0.1) is 0 Å². The molecule has 1 heterocycles. The topological polar surface area (TPSA) is 55.7 Å². The molecule has 5 aliphatic rings. The van der Waals surface area contributed by atoms with Crippen LogP contribution < -0.4 is 0 Å². The number of nitrogens with zero attached hydrogens (tertiary/aromatic N) is 1. The number of alkyl halides is 1. The summed E-state index contributed by atoms with van der Waals surface area (Å²) in [5.41, 5.74) is -0.943. The SMILES string of the molecule is O=S1(=O)N=C(CC23CCC(F)(CC2)CC3)O[C@@H]2CCCC[C@@H]21. The van der Waals surface area contributed by atoms with Gasteiger partial charge in [-0.25, -0.2) is 12.8 Å². The molecule has 4 saturated carbocycles. The first-order valence-corrected chi connectivity index (χ1v) is 10.1. The molecule has 4 aliphatic carbocycles. The van der Waals surface area contributed by atoms with E-state index >= 15 is 0 Å². The van der Waals surface area contributed by atoms with E-state index in [4.69, 9.17) is 4.74 Å². The molecule has 0 aromatic carbocycles. The molecule has 5 rings (SSSR count). The molecule has 0 saturated heterocycles. The molecule has 124 valence electrons. The van der Waals surface area contributed by atoms with Crippen LogP contribution in [0.1, 0.15) is 70.6 Å². The second-order valence-corrected chi connectivity index (χ2v) is 9.62. The zero-order chi connectivity index (χ0) is 15.4. The lowest BCUT2D eigenvalue weighted by molar-refractivity contribution is -0.0342. The molecule has 0 aromatic heterocycles. The Morgan fingerprint density at radius 1 is 1.09 bits per heavy atom. The molecule has 0 aromatic rings. The number of hydrogen-bond acceptors (Lipinski definition) is 3. The van der Waals surface area contributed by atoms with Gasteiger partial charge in [0.2, 0.25) is 5.90 Å². The lowest BCUT2D eigenvalue weighted by Gasteiger charge is -2.50. The van der Waals surface area contributed by atoms with Gasteiger partial charge in [0.1, 0.15) is 17.0 Å². The lowest BCUT2D eigenvalue weighted by atomic mass is 9.58. The van der Waals surface area contributed by atoms with Gasteiger partial charge in [-0.3, -0.25) is 0 Å². The normalized spacial score (nSPS) is 46.5. The van der Waals surface area contributed by atoms with Gasteiger partial charge in [-0.15, -0.1) is 4.40 Å². The fraction of sp³-hybridized carbons (Fsp3) is 0.938. The van der Waals surface area contributed by atoms with Crippen molar-refractivity contribution in [2.45, 2.75) is 87.7 Å². The summed E-state index contributed by atoms with van der Waals surface area (Å²) in [5.74, 6) is 0.399. The Hall–Kier alpha value is -0.650. The van der Waals surface area contributed by atoms with Gasteiger partial charge in [-0.2, -0.15) is 0 Å². The molecule has 0 N–H and O–H groups in total. The van der Waals surface area contributed by atoms with Gasteiger partial charge >= 0.3 is 0 Å². The molecule has 22 heavy (non-hydrogen) atoms. The molecule has 2 bridgehead atoms. The maximum atomic E-state index is 14.3. The minimum absolute atomic E-state index is 0.0176. The first-order chi connectivity index (χ1) is 10.4. The van der Waals surface area contributed by atoms with E-state index in [9.17, 15) is 12.8 Å². The smallest absolute Gasteiger partial charge is 0.262 e. The minimum atomic E-state index is -3.43. The summed E-state index contributed by atoms with van der Waals surface area (Å²) in [6, 6.07) is 0. The van der Waals surface area contributed by atoms with Gasteiger partial charge in [-0.05, 0) is 63.2 Å². The molecular formula is C16H24FNO3S. The van der Waals surface area contributed by atoms with Crippen LogP contribution in [0.15, 0.2) is 4.40 Å². The van der Waals surface area contributed by atoms with E-state index in [1.807, 2.05) is 0 Å². The van der Waals surface area contributed by atoms with Gasteiger partial charge in [-0.1, -0.05) is 6.42 Å². The third-order valence-corrected chi connectivity index (χ3v) is 8.14. The van der Waals surface area contributed by atoms with Gasteiger partial charge in [0.15, 0.2) is 0 Å². The van der Waals surface area contributed by atoms with Crippen molar-refractivity contribution >= 4 is 15.9 Å². The average molecular weight is 329 g/mol. The van der Waals surface area contributed by atoms with Crippen molar-refractivity contribution in [3.63, 3.8) is 0 Å². The van der Waals surface area contributed by atoms with Crippen molar-refractivity contribution < 1.29 is 17.5 Å². The zero-order valence-corrected chi connectivity index (χ0v) is 13.7. The van der Waals surface area contributed by atoms with Crippen LogP contribution >= 0.6 is 0 Å². The summed E-state index contributed by atoms with van der Waals surface area (Å²) in [6.45, 7) is 0. The quantitative estimate of drug-likeness (QED) is 0.779. The Kier molecular flexibility index (Phi) is 3.34. The van der Waals surface area contributed by atoms with E-state index in [0.29, 0.717) is 38.0 Å². The predicted octanol–water partition coefficient (Wildman–Crippen LogP) is 3.51.